The molecule has 0 aliphatic carbocycles. The van der Waals surface area contributed by atoms with Crippen LogP contribution in [0.2, 0.25) is 0 Å². The molecule has 0 saturated carbocycles. The Morgan fingerprint density at radius 3 is 0.643 bits per heavy atom. The predicted octanol–water partition coefficient (Wildman–Crippen LogP) is 7.75. The summed E-state index contributed by atoms with van der Waals surface area (Å²) in [4.78, 5) is 0. The highest BCUT2D eigenvalue weighted by Gasteiger charge is 2.65. The molecule has 0 saturated heterocycles. The van der Waals surface area contributed by atoms with Gasteiger partial charge in [0.25, 0.3) is 0 Å². The molecule has 206 valence electrons. The van der Waals surface area contributed by atoms with Crippen LogP contribution < -0.4 is 5.73 Å². The van der Waals surface area contributed by atoms with Gasteiger partial charge in [-0.15, -0.1) is 0 Å². The fourth-order valence-corrected chi connectivity index (χ4v) is 7.15. The number of hydrogen-bond acceptors (Lipinski definition) is 2. The number of benzene rings is 6. The van der Waals surface area contributed by atoms with Crippen molar-refractivity contribution < 1.29 is 5.11 Å². The first-order valence-electron chi connectivity index (χ1n) is 14.4. The summed E-state index contributed by atoms with van der Waals surface area (Å²) in [6.07, 6.45) is 0. The summed E-state index contributed by atoms with van der Waals surface area (Å²) in [5.74, 6) is 0. The molecule has 0 aromatic heterocycles. The molecule has 3 N–H and O–H groups in total. The van der Waals surface area contributed by atoms with Crippen LogP contribution in [-0.2, 0) is 10.8 Å². The summed E-state index contributed by atoms with van der Waals surface area (Å²) in [6.45, 7) is -0.0373. The SMILES string of the molecule is NCC(O)(C(c1ccccc1)(c1ccccc1)c1ccccc1)C(c1ccccc1)(c1ccccc1)c1ccccc1. The minimum atomic E-state index is -1.63. The lowest BCUT2D eigenvalue weighted by Crippen LogP contribution is -2.69. The Balaban J connectivity index is 1.89. The normalized spacial score (nSPS) is 12.1. The van der Waals surface area contributed by atoms with Crippen LogP contribution in [0.25, 0.3) is 0 Å². The van der Waals surface area contributed by atoms with E-state index in [0.29, 0.717) is 0 Å². The van der Waals surface area contributed by atoms with E-state index in [2.05, 4.69) is 72.8 Å². The third-order valence-corrected chi connectivity index (χ3v) is 8.78. The van der Waals surface area contributed by atoms with Gasteiger partial charge in [-0.25, -0.2) is 0 Å². The van der Waals surface area contributed by atoms with Gasteiger partial charge in [-0.2, -0.15) is 0 Å². The van der Waals surface area contributed by atoms with Gasteiger partial charge in [0.1, 0.15) is 5.60 Å². The Morgan fingerprint density at radius 2 is 0.500 bits per heavy atom. The third-order valence-electron chi connectivity index (χ3n) is 8.78. The summed E-state index contributed by atoms with van der Waals surface area (Å²) >= 11 is 0. The van der Waals surface area contributed by atoms with E-state index in [0.717, 1.165) is 33.4 Å². The lowest BCUT2D eigenvalue weighted by atomic mass is 9.46. The molecule has 6 rings (SSSR count). The van der Waals surface area contributed by atoms with Crippen LogP contribution in [0.3, 0.4) is 0 Å². The van der Waals surface area contributed by atoms with Crippen molar-refractivity contribution in [3.63, 3.8) is 0 Å². The number of rotatable bonds is 9. The van der Waals surface area contributed by atoms with Gasteiger partial charge in [-0.05, 0) is 33.4 Å². The third kappa shape index (κ3) is 4.11. The van der Waals surface area contributed by atoms with Crippen molar-refractivity contribution in [1.82, 2.24) is 0 Å². The van der Waals surface area contributed by atoms with Gasteiger partial charge >= 0.3 is 0 Å². The van der Waals surface area contributed by atoms with E-state index >= 15 is 0 Å². The maximum atomic E-state index is 14.2. The van der Waals surface area contributed by atoms with E-state index in [1.54, 1.807) is 0 Å². The molecule has 6 aromatic carbocycles. The molecule has 0 fully saturated rings. The summed E-state index contributed by atoms with van der Waals surface area (Å²) in [5.41, 5.74) is 9.01. The first kappa shape index (κ1) is 27.4. The molecule has 0 radical (unpaired) electrons. The van der Waals surface area contributed by atoms with Gasteiger partial charge in [0.15, 0.2) is 0 Å². The number of hydrogen-bond donors (Lipinski definition) is 2. The van der Waals surface area contributed by atoms with E-state index in [9.17, 15) is 5.11 Å². The zero-order valence-electron chi connectivity index (χ0n) is 23.6. The van der Waals surface area contributed by atoms with Crippen LogP contribution in [-0.4, -0.2) is 17.3 Å². The van der Waals surface area contributed by atoms with Crippen molar-refractivity contribution in [3.8, 4) is 0 Å². The highest BCUT2D eigenvalue weighted by atomic mass is 16.3. The van der Waals surface area contributed by atoms with E-state index < -0.39 is 16.4 Å². The maximum Gasteiger partial charge on any atom is 0.112 e. The molecule has 0 heterocycles. The topological polar surface area (TPSA) is 46.2 Å². The van der Waals surface area contributed by atoms with Crippen LogP contribution in [0.1, 0.15) is 33.4 Å². The quantitative estimate of drug-likeness (QED) is 0.183. The van der Waals surface area contributed by atoms with Crippen molar-refractivity contribution in [2.24, 2.45) is 5.73 Å². The summed E-state index contributed by atoms with van der Waals surface area (Å²) in [7, 11) is 0. The Bertz CT molecular complexity index is 1370. The van der Waals surface area contributed by atoms with Crippen molar-refractivity contribution in [3.05, 3.63) is 215 Å². The van der Waals surface area contributed by atoms with Gasteiger partial charge in [-0.1, -0.05) is 182 Å². The lowest BCUT2D eigenvalue weighted by molar-refractivity contribution is -0.0437. The second-order valence-corrected chi connectivity index (χ2v) is 10.8. The van der Waals surface area contributed by atoms with Crippen LogP contribution >= 0.6 is 0 Å². The van der Waals surface area contributed by atoms with Gasteiger partial charge in [-0.3, -0.25) is 0 Å². The average molecular weight is 546 g/mol. The lowest BCUT2D eigenvalue weighted by Gasteiger charge is -2.58. The fourth-order valence-electron chi connectivity index (χ4n) is 7.15. The van der Waals surface area contributed by atoms with Gasteiger partial charge in [0, 0.05) is 6.54 Å². The van der Waals surface area contributed by atoms with E-state index in [4.69, 9.17) is 5.73 Å². The van der Waals surface area contributed by atoms with Crippen LogP contribution in [0.15, 0.2) is 182 Å². The van der Waals surface area contributed by atoms with Crippen LogP contribution in [0.5, 0.6) is 0 Å². The highest BCUT2D eigenvalue weighted by Crippen LogP contribution is 2.59. The fraction of sp³-hybridized carbons (Fsp3) is 0.100. The van der Waals surface area contributed by atoms with Crippen LogP contribution in [0.4, 0.5) is 0 Å². The highest BCUT2D eigenvalue weighted by molar-refractivity contribution is 5.64. The Kier molecular flexibility index (Phi) is 7.58. The smallest absolute Gasteiger partial charge is 0.112 e. The average Bonchev–Trinajstić information content (AvgIpc) is 3.08. The minimum absolute atomic E-state index is 0.0373. The molecule has 0 amide bonds. The second kappa shape index (κ2) is 11.6. The van der Waals surface area contributed by atoms with Crippen molar-refractivity contribution in [1.29, 1.82) is 0 Å². The van der Waals surface area contributed by atoms with Crippen molar-refractivity contribution in [2.75, 3.05) is 6.54 Å². The first-order valence-corrected chi connectivity index (χ1v) is 14.4. The molecular weight excluding hydrogens is 510 g/mol. The van der Waals surface area contributed by atoms with Crippen molar-refractivity contribution >= 4 is 0 Å². The van der Waals surface area contributed by atoms with Gasteiger partial charge in [0.2, 0.25) is 0 Å². The summed E-state index contributed by atoms with van der Waals surface area (Å²) in [5, 5.41) is 14.2. The molecule has 0 atom stereocenters. The molecular formula is C40H35NO. The Hall–Kier alpha value is -4.76. The van der Waals surface area contributed by atoms with Gasteiger partial charge < -0.3 is 10.8 Å². The summed E-state index contributed by atoms with van der Waals surface area (Å²) in [6, 6.07) is 62.0. The van der Waals surface area contributed by atoms with Gasteiger partial charge in [0.05, 0.1) is 10.8 Å². The molecule has 2 heteroatoms. The molecule has 0 aliphatic rings. The molecule has 0 bridgehead atoms. The monoisotopic (exact) mass is 545 g/mol. The molecule has 2 nitrogen and oxygen atoms in total. The molecule has 42 heavy (non-hydrogen) atoms. The van der Waals surface area contributed by atoms with E-state index in [-0.39, 0.29) is 6.54 Å². The molecule has 0 spiro atoms. The number of nitrogens with two attached hydrogens (primary N) is 1. The van der Waals surface area contributed by atoms with E-state index in [1.165, 1.54) is 0 Å². The zero-order valence-corrected chi connectivity index (χ0v) is 23.6. The standard InChI is InChI=1S/C40H35NO/c41-31-38(42,39(32-19-7-1-8-20-32,33-21-9-2-10-22-33)34-23-11-3-12-24-34)40(35-25-13-4-14-26-35,36-27-15-5-16-28-36)37-29-17-6-18-30-37/h1-30,42H,31,41H2. The zero-order chi connectivity index (χ0) is 28.9. The largest absolute Gasteiger partial charge is 0.385 e. The minimum Gasteiger partial charge on any atom is -0.385 e. The molecule has 0 unspecified atom stereocenters. The molecule has 0 aliphatic heterocycles. The first-order chi connectivity index (χ1) is 20.7. The van der Waals surface area contributed by atoms with E-state index in [1.807, 2.05) is 109 Å². The Labute approximate surface area is 248 Å². The maximum absolute atomic E-state index is 14.2. The van der Waals surface area contributed by atoms with Crippen LogP contribution in [0, 0.1) is 0 Å². The molecule has 6 aromatic rings. The van der Waals surface area contributed by atoms with Crippen molar-refractivity contribution in [2.45, 2.75) is 16.4 Å². The predicted molar refractivity (Wildman–Crippen MR) is 172 cm³/mol. The number of aliphatic hydroxyl groups is 1. The Morgan fingerprint density at radius 1 is 0.333 bits per heavy atom. The second-order valence-electron chi connectivity index (χ2n) is 10.8. The summed E-state index contributed by atoms with van der Waals surface area (Å²) < 4.78 is 0.